The molecule has 4 heteroatoms. The SMILES string of the molecule is CCn1nc(CNCCO)c2ccccc21. The van der Waals surface area contributed by atoms with Crippen molar-refractivity contribution in [3.05, 3.63) is 30.0 Å². The van der Waals surface area contributed by atoms with E-state index in [1.807, 2.05) is 16.8 Å². The van der Waals surface area contributed by atoms with Gasteiger partial charge >= 0.3 is 0 Å². The van der Waals surface area contributed by atoms with Crippen molar-refractivity contribution in [3.8, 4) is 0 Å². The summed E-state index contributed by atoms with van der Waals surface area (Å²) < 4.78 is 2.01. The minimum absolute atomic E-state index is 0.159. The van der Waals surface area contributed by atoms with Crippen LogP contribution < -0.4 is 5.32 Å². The molecule has 1 aromatic carbocycles. The average molecular weight is 219 g/mol. The van der Waals surface area contributed by atoms with Gasteiger partial charge in [-0.05, 0) is 13.0 Å². The lowest BCUT2D eigenvalue weighted by atomic mass is 10.2. The Kier molecular flexibility index (Phi) is 3.54. The molecule has 0 saturated carbocycles. The molecule has 0 spiro atoms. The molecule has 2 N–H and O–H groups in total. The van der Waals surface area contributed by atoms with Gasteiger partial charge in [-0.25, -0.2) is 0 Å². The molecule has 2 rings (SSSR count). The van der Waals surface area contributed by atoms with Crippen molar-refractivity contribution < 1.29 is 5.11 Å². The number of aliphatic hydroxyl groups excluding tert-OH is 1. The molecule has 0 fully saturated rings. The molecule has 0 aliphatic rings. The molecule has 0 unspecified atom stereocenters. The predicted molar refractivity (Wildman–Crippen MR) is 64.2 cm³/mol. The average Bonchev–Trinajstić information content (AvgIpc) is 2.68. The Morgan fingerprint density at radius 1 is 1.38 bits per heavy atom. The summed E-state index contributed by atoms with van der Waals surface area (Å²) in [6.07, 6.45) is 0. The number of rotatable bonds is 5. The molecule has 0 radical (unpaired) electrons. The van der Waals surface area contributed by atoms with Crippen LogP contribution >= 0.6 is 0 Å². The molecule has 0 aliphatic heterocycles. The number of nitrogens with zero attached hydrogens (tertiary/aromatic N) is 2. The first kappa shape index (κ1) is 11.1. The van der Waals surface area contributed by atoms with Crippen LogP contribution in [-0.4, -0.2) is 28.0 Å². The number of hydrogen-bond acceptors (Lipinski definition) is 3. The van der Waals surface area contributed by atoms with Gasteiger partial charge < -0.3 is 10.4 Å². The van der Waals surface area contributed by atoms with Gasteiger partial charge in [0.15, 0.2) is 0 Å². The van der Waals surface area contributed by atoms with Crippen molar-refractivity contribution >= 4 is 10.9 Å². The molecule has 0 saturated heterocycles. The van der Waals surface area contributed by atoms with Crippen molar-refractivity contribution in [2.45, 2.75) is 20.0 Å². The van der Waals surface area contributed by atoms with E-state index in [9.17, 15) is 0 Å². The summed E-state index contributed by atoms with van der Waals surface area (Å²) in [5.41, 5.74) is 2.22. The van der Waals surface area contributed by atoms with Crippen LogP contribution in [0.1, 0.15) is 12.6 Å². The highest BCUT2D eigenvalue weighted by atomic mass is 16.3. The Morgan fingerprint density at radius 2 is 2.19 bits per heavy atom. The highest BCUT2D eigenvalue weighted by Gasteiger charge is 2.07. The van der Waals surface area contributed by atoms with Gasteiger partial charge in [0.2, 0.25) is 0 Å². The van der Waals surface area contributed by atoms with E-state index in [1.165, 1.54) is 10.9 Å². The summed E-state index contributed by atoms with van der Waals surface area (Å²) in [6, 6.07) is 8.23. The van der Waals surface area contributed by atoms with Gasteiger partial charge in [-0.3, -0.25) is 4.68 Å². The summed E-state index contributed by atoms with van der Waals surface area (Å²) in [6.45, 7) is 4.43. The Labute approximate surface area is 94.9 Å². The Hall–Kier alpha value is -1.39. The molecule has 0 atom stereocenters. The minimum Gasteiger partial charge on any atom is -0.395 e. The molecular weight excluding hydrogens is 202 g/mol. The first-order chi connectivity index (χ1) is 7.86. The number of benzene rings is 1. The van der Waals surface area contributed by atoms with E-state index in [1.54, 1.807) is 0 Å². The molecular formula is C12H17N3O. The fourth-order valence-corrected chi connectivity index (χ4v) is 1.85. The Bertz CT molecular complexity index is 464. The maximum absolute atomic E-state index is 8.72. The number of hydrogen-bond donors (Lipinski definition) is 2. The molecule has 2 aromatic rings. The topological polar surface area (TPSA) is 50.1 Å². The van der Waals surface area contributed by atoms with Gasteiger partial charge in [0, 0.05) is 25.0 Å². The number of para-hydroxylation sites is 1. The van der Waals surface area contributed by atoms with Gasteiger partial charge in [-0.1, -0.05) is 18.2 Å². The maximum atomic E-state index is 8.72. The minimum atomic E-state index is 0.159. The Morgan fingerprint density at radius 3 is 2.94 bits per heavy atom. The van der Waals surface area contributed by atoms with Crippen molar-refractivity contribution in [1.82, 2.24) is 15.1 Å². The van der Waals surface area contributed by atoms with E-state index in [2.05, 4.69) is 29.5 Å². The van der Waals surface area contributed by atoms with Crippen molar-refractivity contribution in [2.75, 3.05) is 13.2 Å². The van der Waals surface area contributed by atoms with Crippen LogP contribution in [0.4, 0.5) is 0 Å². The first-order valence-corrected chi connectivity index (χ1v) is 5.62. The lowest BCUT2D eigenvalue weighted by Gasteiger charge is -1.99. The molecule has 4 nitrogen and oxygen atoms in total. The zero-order valence-corrected chi connectivity index (χ0v) is 9.48. The number of aliphatic hydroxyl groups is 1. The largest absolute Gasteiger partial charge is 0.395 e. The number of aryl methyl sites for hydroxylation is 1. The standard InChI is InChI=1S/C12H17N3O/c1-2-15-12-6-4-3-5-10(12)11(14-15)9-13-7-8-16/h3-6,13,16H,2,7-9H2,1H3. The third-order valence-electron chi connectivity index (χ3n) is 2.62. The summed E-state index contributed by atoms with van der Waals surface area (Å²) >= 11 is 0. The molecule has 0 bridgehead atoms. The second kappa shape index (κ2) is 5.09. The highest BCUT2D eigenvalue weighted by Crippen LogP contribution is 2.17. The Balaban J connectivity index is 2.30. The smallest absolute Gasteiger partial charge is 0.0841 e. The van der Waals surface area contributed by atoms with Crippen molar-refractivity contribution in [2.24, 2.45) is 0 Å². The summed E-state index contributed by atoms with van der Waals surface area (Å²) in [5.74, 6) is 0. The zero-order valence-electron chi connectivity index (χ0n) is 9.48. The van der Waals surface area contributed by atoms with Crippen LogP contribution in [0.5, 0.6) is 0 Å². The number of fused-ring (bicyclic) bond motifs is 1. The van der Waals surface area contributed by atoms with E-state index in [-0.39, 0.29) is 6.61 Å². The molecule has 0 aliphatic carbocycles. The number of aromatic nitrogens is 2. The molecule has 86 valence electrons. The second-order valence-electron chi connectivity index (χ2n) is 3.68. The van der Waals surface area contributed by atoms with Crippen molar-refractivity contribution in [3.63, 3.8) is 0 Å². The normalized spacial score (nSPS) is 11.1. The third kappa shape index (κ3) is 2.08. The van der Waals surface area contributed by atoms with E-state index < -0.39 is 0 Å². The van der Waals surface area contributed by atoms with Crippen LogP contribution in [0.3, 0.4) is 0 Å². The van der Waals surface area contributed by atoms with Gasteiger partial charge in [0.1, 0.15) is 0 Å². The van der Waals surface area contributed by atoms with Gasteiger partial charge in [0.25, 0.3) is 0 Å². The van der Waals surface area contributed by atoms with E-state index >= 15 is 0 Å². The van der Waals surface area contributed by atoms with Crippen LogP contribution in [0.15, 0.2) is 24.3 Å². The summed E-state index contributed by atoms with van der Waals surface area (Å²) in [7, 11) is 0. The van der Waals surface area contributed by atoms with Crippen LogP contribution in [0, 0.1) is 0 Å². The number of nitrogens with one attached hydrogen (secondary N) is 1. The molecule has 1 aromatic heterocycles. The maximum Gasteiger partial charge on any atom is 0.0841 e. The van der Waals surface area contributed by atoms with Crippen LogP contribution in [0.25, 0.3) is 10.9 Å². The zero-order chi connectivity index (χ0) is 11.4. The predicted octanol–water partition coefficient (Wildman–Crippen LogP) is 1.14. The lowest BCUT2D eigenvalue weighted by molar-refractivity contribution is 0.291. The van der Waals surface area contributed by atoms with Crippen molar-refractivity contribution in [1.29, 1.82) is 0 Å². The van der Waals surface area contributed by atoms with E-state index in [0.717, 1.165) is 12.2 Å². The lowest BCUT2D eigenvalue weighted by Crippen LogP contribution is -2.18. The monoisotopic (exact) mass is 219 g/mol. The van der Waals surface area contributed by atoms with E-state index in [4.69, 9.17) is 5.11 Å². The quantitative estimate of drug-likeness (QED) is 0.741. The molecule has 0 amide bonds. The van der Waals surface area contributed by atoms with Crippen LogP contribution in [0.2, 0.25) is 0 Å². The third-order valence-corrected chi connectivity index (χ3v) is 2.62. The van der Waals surface area contributed by atoms with Gasteiger partial charge in [-0.2, -0.15) is 5.10 Å². The fraction of sp³-hybridized carbons (Fsp3) is 0.417. The summed E-state index contributed by atoms with van der Waals surface area (Å²) in [5, 5.41) is 17.6. The van der Waals surface area contributed by atoms with Gasteiger partial charge in [-0.15, -0.1) is 0 Å². The van der Waals surface area contributed by atoms with Crippen LogP contribution in [-0.2, 0) is 13.1 Å². The van der Waals surface area contributed by atoms with Gasteiger partial charge in [0.05, 0.1) is 17.8 Å². The fourth-order valence-electron chi connectivity index (χ4n) is 1.85. The second-order valence-corrected chi connectivity index (χ2v) is 3.68. The highest BCUT2D eigenvalue weighted by molar-refractivity contribution is 5.81. The molecule has 16 heavy (non-hydrogen) atoms. The first-order valence-electron chi connectivity index (χ1n) is 5.62. The summed E-state index contributed by atoms with van der Waals surface area (Å²) in [4.78, 5) is 0. The van der Waals surface area contributed by atoms with E-state index in [0.29, 0.717) is 13.1 Å². The molecule has 1 heterocycles.